The van der Waals surface area contributed by atoms with Crippen LogP contribution >= 0.6 is 0 Å². The lowest BCUT2D eigenvalue weighted by Crippen LogP contribution is -2.06. The highest BCUT2D eigenvalue weighted by Crippen LogP contribution is 2.13. The van der Waals surface area contributed by atoms with Crippen LogP contribution < -0.4 is 0 Å². The van der Waals surface area contributed by atoms with Gasteiger partial charge in [0, 0.05) is 6.61 Å². The topological polar surface area (TPSA) is 40.5 Å². The van der Waals surface area contributed by atoms with Gasteiger partial charge in [0.2, 0.25) is 0 Å². The lowest BCUT2D eigenvalue weighted by atomic mass is 10.0. The number of unbranched alkanes of at least 4 members (excludes halogenated alkanes) is 3. The molecule has 0 saturated carbocycles. The lowest BCUT2D eigenvalue weighted by Gasteiger charge is -2.11. The van der Waals surface area contributed by atoms with E-state index in [2.05, 4.69) is 13.8 Å². The molecule has 1 unspecified atom stereocenters. The Bertz CT molecular complexity index is 124. The molecule has 92 valence electrons. The maximum absolute atomic E-state index is 9.67. The molecule has 0 heterocycles. The van der Waals surface area contributed by atoms with Gasteiger partial charge in [-0.2, -0.15) is 0 Å². The van der Waals surface area contributed by atoms with Gasteiger partial charge in [-0.1, -0.05) is 46.0 Å². The standard InChI is InChI=1S/C13H28O2/c1-12(2)8-7-10-13(15)9-5-3-4-6-11-14/h12-15H,3-11H2,1-2H3. The number of aliphatic hydroxyl groups excluding tert-OH is 2. The van der Waals surface area contributed by atoms with E-state index in [0.29, 0.717) is 6.61 Å². The molecule has 2 N–H and O–H groups in total. The Morgan fingerprint density at radius 1 is 0.800 bits per heavy atom. The van der Waals surface area contributed by atoms with Crippen molar-refractivity contribution < 1.29 is 10.2 Å². The Morgan fingerprint density at radius 3 is 2.00 bits per heavy atom. The van der Waals surface area contributed by atoms with Gasteiger partial charge in [0.05, 0.1) is 6.10 Å². The molecule has 0 fully saturated rings. The molecule has 0 rings (SSSR count). The van der Waals surface area contributed by atoms with Crippen LogP contribution in [-0.2, 0) is 0 Å². The minimum absolute atomic E-state index is 0.0992. The molecule has 0 aromatic heterocycles. The van der Waals surface area contributed by atoms with Crippen LogP contribution in [0.1, 0.15) is 65.2 Å². The Kier molecular flexibility index (Phi) is 10.4. The fourth-order valence-electron chi connectivity index (χ4n) is 1.75. The first-order valence-electron chi connectivity index (χ1n) is 6.45. The number of hydrogen-bond acceptors (Lipinski definition) is 2. The molecule has 1 atom stereocenters. The van der Waals surface area contributed by atoms with Crippen molar-refractivity contribution in [1.29, 1.82) is 0 Å². The fourth-order valence-corrected chi connectivity index (χ4v) is 1.75. The predicted octanol–water partition coefficient (Wildman–Crippen LogP) is 3.12. The Balaban J connectivity index is 3.15. The van der Waals surface area contributed by atoms with Crippen LogP contribution in [0.2, 0.25) is 0 Å². The molecular formula is C13H28O2. The van der Waals surface area contributed by atoms with E-state index in [0.717, 1.165) is 50.9 Å². The summed E-state index contributed by atoms with van der Waals surface area (Å²) in [6, 6.07) is 0. The molecule has 2 nitrogen and oxygen atoms in total. The van der Waals surface area contributed by atoms with Crippen LogP contribution in [0.4, 0.5) is 0 Å². The van der Waals surface area contributed by atoms with Crippen LogP contribution in [0.3, 0.4) is 0 Å². The second kappa shape index (κ2) is 10.4. The normalized spacial score (nSPS) is 13.4. The summed E-state index contributed by atoms with van der Waals surface area (Å²) in [5.41, 5.74) is 0. The highest BCUT2D eigenvalue weighted by atomic mass is 16.3. The zero-order valence-corrected chi connectivity index (χ0v) is 10.4. The minimum atomic E-state index is -0.0992. The van der Waals surface area contributed by atoms with E-state index < -0.39 is 0 Å². The molecule has 0 aromatic rings. The van der Waals surface area contributed by atoms with Gasteiger partial charge in [-0.15, -0.1) is 0 Å². The Hall–Kier alpha value is -0.0800. The molecule has 0 saturated heterocycles. The zero-order valence-electron chi connectivity index (χ0n) is 10.4. The summed E-state index contributed by atoms with van der Waals surface area (Å²) < 4.78 is 0. The number of aliphatic hydroxyl groups is 2. The molecule has 0 bridgehead atoms. The average Bonchev–Trinajstić information content (AvgIpc) is 2.17. The van der Waals surface area contributed by atoms with Crippen molar-refractivity contribution in [3.8, 4) is 0 Å². The van der Waals surface area contributed by atoms with Gasteiger partial charge in [-0.05, 0) is 25.2 Å². The first-order chi connectivity index (χ1) is 7.16. The van der Waals surface area contributed by atoms with Crippen LogP contribution in [0, 0.1) is 5.92 Å². The number of rotatable bonds is 10. The van der Waals surface area contributed by atoms with Crippen LogP contribution in [0.5, 0.6) is 0 Å². The SMILES string of the molecule is CC(C)CCCC(O)CCCCCCO. The molecular weight excluding hydrogens is 188 g/mol. The van der Waals surface area contributed by atoms with Crippen molar-refractivity contribution in [1.82, 2.24) is 0 Å². The zero-order chi connectivity index (χ0) is 11.5. The van der Waals surface area contributed by atoms with Crippen molar-refractivity contribution >= 4 is 0 Å². The third-order valence-electron chi connectivity index (χ3n) is 2.76. The third kappa shape index (κ3) is 11.8. The van der Waals surface area contributed by atoms with Gasteiger partial charge >= 0.3 is 0 Å². The van der Waals surface area contributed by atoms with Crippen LogP contribution in [0.15, 0.2) is 0 Å². The van der Waals surface area contributed by atoms with E-state index in [1.54, 1.807) is 0 Å². The highest BCUT2D eigenvalue weighted by Gasteiger charge is 2.04. The van der Waals surface area contributed by atoms with Gasteiger partial charge in [0.25, 0.3) is 0 Å². The maximum Gasteiger partial charge on any atom is 0.0540 e. The molecule has 0 aliphatic heterocycles. The molecule has 0 radical (unpaired) electrons. The largest absolute Gasteiger partial charge is 0.396 e. The van der Waals surface area contributed by atoms with E-state index >= 15 is 0 Å². The van der Waals surface area contributed by atoms with Gasteiger partial charge < -0.3 is 10.2 Å². The summed E-state index contributed by atoms with van der Waals surface area (Å²) in [4.78, 5) is 0. The summed E-state index contributed by atoms with van der Waals surface area (Å²) in [6.45, 7) is 4.75. The Morgan fingerprint density at radius 2 is 1.40 bits per heavy atom. The molecule has 0 amide bonds. The van der Waals surface area contributed by atoms with Gasteiger partial charge in [0.1, 0.15) is 0 Å². The first-order valence-corrected chi connectivity index (χ1v) is 6.45. The van der Waals surface area contributed by atoms with Crippen molar-refractivity contribution in [2.24, 2.45) is 5.92 Å². The lowest BCUT2D eigenvalue weighted by molar-refractivity contribution is 0.145. The molecule has 0 spiro atoms. The van der Waals surface area contributed by atoms with E-state index in [9.17, 15) is 5.11 Å². The number of hydrogen-bond donors (Lipinski definition) is 2. The summed E-state index contributed by atoms with van der Waals surface area (Å²) in [5.74, 6) is 0.752. The van der Waals surface area contributed by atoms with E-state index in [4.69, 9.17) is 5.11 Å². The van der Waals surface area contributed by atoms with E-state index in [1.807, 2.05) is 0 Å². The molecule has 15 heavy (non-hydrogen) atoms. The second-order valence-electron chi connectivity index (χ2n) is 4.91. The van der Waals surface area contributed by atoms with Crippen LogP contribution in [0.25, 0.3) is 0 Å². The smallest absolute Gasteiger partial charge is 0.0540 e. The highest BCUT2D eigenvalue weighted by molar-refractivity contribution is 4.57. The quantitative estimate of drug-likeness (QED) is 0.551. The van der Waals surface area contributed by atoms with E-state index in [-0.39, 0.29) is 6.10 Å². The maximum atomic E-state index is 9.67. The predicted molar refractivity (Wildman–Crippen MR) is 64.9 cm³/mol. The average molecular weight is 216 g/mol. The molecule has 0 aromatic carbocycles. The summed E-state index contributed by atoms with van der Waals surface area (Å²) in [6.07, 6.45) is 8.40. The van der Waals surface area contributed by atoms with Crippen molar-refractivity contribution in [2.75, 3.05) is 6.61 Å². The first kappa shape index (κ1) is 14.9. The van der Waals surface area contributed by atoms with E-state index in [1.165, 1.54) is 6.42 Å². The molecule has 2 heteroatoms. The van der Waals surface area contributed by atoms with Gasteiger partial charge in [-0.3, -0.25) is 0 Å². The summed E-state index contributed by atoms with van der Waals surface area (Å²) in [5, 5.41) is 18.3. The minimum Gasteiger partial charge on any atom is -0.396 e. The monoisotopic (exact) mass is 216 g/mol. The van der Waals surface area contributed by atoms with Crippen LogP contribution in [-0.4, -0.2) is 22.9 Å². The Labute approximate surface area is 94.7 Å². The summed E-state index contributed by atoms with van der Waals surface area (Å²) >= 11 is 0. The van der Waals surface area contributed by atoms with Gasteiger partial charge in [-0.25, -0.2) is 0 Å². The molecule has 0 aliphatic carbocycles. The summed E-state index contributed by atoms with van der Waals surface area (Å²) in [7, 11) is 0. The third-order valence-corrected chi connectivity index (χ3v) is 2.76. The van der Waals surface area contributed by atoms with Crippen molar-refractivity contribution in [3.05, 3.63) is 0 Å². The van der Waals surface area contributed by atoms with Gasteiger partial charge in [0.15, 0.2) is 0 Å². The van der Waals surface area contributed by atoms with Crippen molar-refractivity contribution in [3.63, 3.8) is 0 Å². The van der Waals surface area contributed by atoms with Crippen molar-refractivity contribution in [2.45, 2.75) is 71.3 Å². The fraction of sp³-hybridized carbons (Fsp3) is 1.00. The second-order valence-corrected chi connectivity index (χ2v) is 4.91. The molecule has 0 aliphatic rings.